The number of aromatic hydroxyl groups is 1. The van der Waals surface area contributed by atoms with Gasteiger partial charge in [0.05, 0.1) is 7.11 Å². The first-order valence-electron chi connectivity index (χ1n) is 6.28. The fourth-order valence-electron chi connectivity index (χ4n) is 2.25. The van der Waals surface area contributed by atoms with Crippen LogP contribution in [0.4, 0.5) is 4.39 Å². The Morgan fingerprint density at radius 1 is 1.60 bits per heavy atom. The first-order valence-corrected chi connectivity index (χ1v) is 6.28. The number of carbonyl (C=O) groups excluding carboxylic acids is 2. The Hall–Kier alpha value is -2.11. The second-order valence-corrected chi connectivity index (χ2v) is 4.95. The maximum Gasteiger partial charge on any atom is 0.223 e. The minimum atomic E-state index is -0.752. The second-order valence-electron chi connectivity index (χ2n) is 4.95. The number of ether oxygens (including phenoxy) is 1. The maximum atomic E-state index is 14.0. The molecule has 1 aromatic carbocycles. The molecule has 0 saturated carbocycles. The van der Waals surface area contributed by atoms with Crippen molar-refractivity contribution in [2.75, 3.05) is 7.11 Å². The molecule has 0 radical (unpaired) electrons. The largest absolute Gasteiger partial charge is 0.502 e. The van der Waals surface area contributed by atoms with Gasteiger partial charge in [-0.2, -0.15) is 0 Å². The van der Waals surface area contributed by atoms with Crippen molar-refractivity contribution >= 4 is 12.2 Å². The highest BCUT2D eigenvalue weighted by atomic mass is 19.1. The Labute approximate surface area is 116 Å². The number of carbonyl (C=O) groups is 2. The molecule has 20 heavy (non-hydrogen) atoms. The van der Waals surface area contributed by atoms with Crippen LogP contribution < -0.4 is 4.74 Å². The predicted octanol–water partition coefficient (Wildman–Crippen LogP) is 1.61. The third-order valence-corrected chi connectivity index (χ3v) is 3.41. The predicted molar refractivity (Wildman–Crippen MR) is 68.7 cm³/mol. The van der Waals surface area contributed by atoms with Gasteiger partial charge >= 0.3 is 0 Å². The summed E-state index contributed by atoms with van der Waals surface area (Å²) in [6, 6.07) is 1.53. The summed E-state index contributed by atoms with van der Waals surface area (Å²) in [7, 11) is 1.34. The van der Waals surface area contributed by atoms with Gasteiger partial charge in [0.2, 0.25) is 5.91 Å². The Morgan fingerprint density at radius 3 is 2.90 bits per heavy atom. The topological polar surface area (TPSA) is 66.8 Å². The molecule has 6 heteroatoms. The van der Waals surface area contributed by atoms with Gasteiger partial charge in [0.25, 0.3) is 0 Å². The van der Waals surface area contributed by atoms with E-state index in [0.717, 1.165) is 6.29 Å². The lowest BCUT2D eigenvalue weighted by atomic mass is 10.1. The molecule has 1 heterocycles. The molecule has 1 unspecified atom stereocenters. The van der Waals surface area contributed by atoms with E-state index in [9.17, 15) is 19.1 Å². The third kappa shape index (κ3) is 2.45. The highest BCUT2D eigenvalue weighted by molar-refractivity contribution is 5.80. The van der Waals surface area contributed by atoms with Gasteiger partial charge in [-0.3, -0.25) is 4.79 Å². The fraction of sp³-hybridized carbons (Fsp3) is 0.429. The number of benzene rings is 1. The van der Waals surface area contributed by atoms with Crippen LogP contribution in [-0.2, 0) is 22.7 Å². The number of amides is 1. The average molecular weight is 281 g/mol. The van der Waals surface area contributed by atoms with E-state index >= 15 is 0 Å². The summed E-state index contributed by atoms with van der Waals surface area (Å²) in [4.78, 5) is 24.0. The lowest BCUT2D eigenvalue weighted by molar-refractivity contribution is -0.134. The number of phenols is 1. The maximum absolute atomic E-state index is 14.0. The summed E-state index contributed by atoms with van der Waals surface area (Å²) in [6.45, 7) is 2.01. The Morgan fingerprint density at radius 2 is 2.30 bits per heavy atom. The van der Waals surface area contributed by atoms with Crippen molar-refractivity contribution in [3.05, 3.63) is 23.0 Å². The number of nitrogens with zero attached hydrogens (tertiary/aromatic N) is 1. The van der Waals surface area contributed by atoms with Crippen LogP contribution in [0.25, 0.3) is 0 Å². The molecule has 0 aliphatic carbocycles. The first-order chi connectivity index (χ1) is 9.47. The average Bonchev–Trinajstić information content (AvgIpc) is 2.86. The van der Waals surface area contributed by atoms with Crippen LogP contribution in [0.15, 0.2) is 6.07 Å². The quantitative estimate of drug-likeness (QED) is 0.851. The van der Waals surface area contributed by atoms with Crippen LogP contribution in [0.5, 0.6) is 11.5 Å². The van der Waals surface area contributed by atoms with Crippen molar-refractivity contribution in [3.63, 3.8) is 0 Å². The van der Waals surface area contributed by atoms with Crippen molar-refractivity contribution in [1.29, 1.82) is 0 Å². The SMILES string of the molecule is COc1cc2c(c(F)c1O)CN(C(=O)CC(C)C=O)C2. The monoisotopic (exact) mass is 281 g/mol. The van der Waals surface area contributed by atoms with E-state index in [1.165, 1.54) is 18.1 Å². The zero-order valence-corrected chi connectivity index (χ0v) is 11.4. The van der Waals surface area contributed by atoms with Gasteiger partial charge in [-0.15, -0.1) is 0 Å². The lowest BCUT2D eigenvalue weighted by Crippen LogP contribution is -2.27. The smallest absolute Gasteiger partial charge is 0.223 e. The number of rotatable bonds is 4. The summed E-state index contributed by atoms with van der Waals surface area (Å²) >= 11 is 0. The van der Waals surface area contributed by atoms with Crippen molar-refractivity contribution < 1.29 is 23.8 Å². The Bertz CT molecular complexity index is 559. The van der Waals surface area contributed by atoms with Gasteiger partial charge in [-0.05, 0) is 11.6 Å². The molecule has 1 atom stereocenters. The van der Waals surface area contributed by atoms with Gasteiger partial charge in [-0.25, -0.2) is 4.39 Å². The number of hydrogen-bond acceptors (Lipinski definition) is 4. The number of hydrogen-bond donors (Lipinski definition) is 1. The van der Waals surface area contributed by atoms with Gasteiger partial charge < -0.3 is 19.5 Å². The summed E-state index contributed by atoms with van der Waals surface area (Å²) in [5.41, 5.74) is 0.916. The molecule has 108 valence electrons. The van der Waals surface area contributed by atoms with E-state index in [1.807, 2.05) is 0 Å². The number of halogens is 1. The van der Waals surface area contributed by atoms with Gasteiger partial charge in [-0.1, -0.05) is 6.92 Å². The summed E-state index contributed by atoms with van der Waals surface area (Å²) in [6.07, 6.45) is 0.818. The summed E-state index contributed by atoms with van der Waals surface area (Å²) in [5, 5.41) is 9.62. The molecular formula is C14H16FNO4. The summed E-state index contributed by atoms with van der Waals surface area (Å²) < 4.78 is 18.9. The molecule has 0 bridgehead atoms. The van der Waals surface area contributed by atoms with Crippen LogP contribution in [0, 0.1) is 11.7 Å². The Balaban J connectivity index is 2.21. The number of aldehydes is 1. The van der Waals surface area contributed by atoms with Gasteiger partial charge in [0.15, 0.2) is 17.3 Å². The highest BCUT2D eigenvalue weighted by Gasteiger charge is 2.29. The molecular weight excluding hydrogens is 265 g/mol. The van der Waals surface area contributed by atoms with E-state index in [-0.39, 0.29) is 37.1 Å². The van der Waals surface area contributed by atoms with Crippen LogP contribution in [0.1, 0.15) is 24.5 Å². The molecule has 0 aromatic heterocycles. The molecule has 0 fully saturated rings. The van der Waals surface area contributed by atoms with E-state index in [0.29, 0.717) is 11.1 Å². The van der Waals surface area contributed by atoms with Crippen molar-refractivity contribution in [2.45, 2.75) is 26.4 Å². The fourth-order valence-corrected chi connectivity index (χ4v) is 2.25. The first kappa shape index (κ1) is 14.3. The van der Waals surface area contributed by atoms with Crippen molar-refractivity contribution in [1.82, 2.24) is 4.90 Å². The molecule has 1 aliphatic heterocycles. The van der Waals surface area contributed by atoms with Crippen LogP contribution in [0.2, 0.25) is 0 Å². The molecule has 1 aliphatic rings. The minimum absolute atomic E-state index is 0.0526. The van der Waals surface area contributed by atoms with E-state index < -0.39 is 11.6 Å². The molecule has 1 aromatic rings. The van der Waals surface area contributed by atoms with Crippen molar-refractivity contribution in [2.24, 2.45) is 5.92 Å². The van der Waals surface area contributed by atoms with Crippen LogP contribution >= 0.6 is 0 Å². The van der Waals surface area contributed by atoms with E-state index in [4.69, 9.17) is 4.74 Å². The molecule has 0 saturated heterocycles. The van der Waals surface area contributed by atoms with E-state index in [1.54, 1.807) is 6.92 Å². The van der Waals surface area contributed by atoms with Crippen LogP contribution in [-0.4, -0.2) is 29.3 Å². The normalized spacial score (nSPS) is 14.8. The third-order valence-electron chi connectivity index (χ3n) is 3.41. The van der Waals surface area contributed by atoms with Crippen LogP contribution in [0.3, 0.4) is 0 Å². The Kier molecular flexibility index (Phi) is 3.92. The molecule has 5 nitrogen and oxygen atoms in total. The number of fused-ring (bicyclic) bond motifs is 1. The number of methoxy groups -OCH3 is 1. The van der Waals surface area contributed by atoms with E-state index in [2.05, 4.69) is 0 Å². The van der Waals surface area contributed by atoms with Crippen molar-refractivity contribution in [3.8, 4) is 11.5 Å². The standard InChI is InChI=1S/C14H16FNO4/c1-8(7-17)3-12(18)16-5-9-4-11(20-2)14(19)13(15)10(9)6-16/h4,7-8,19H,3,5-6H2,1-2H3. The van der Waals surface area contributed by atoms with Gasteiger partial charge in [0, 0.05) is 31.0 Å². The highest BCUT2D eigenvalue weighted by Crippen LogP contribution is 2.37. The molecule has 1 amide bonds. The molecule has 2 rings (SSSR count). The van der Waals surface area contributed by atoms with Gasteiger partial charge in [0.1, 0.15) is 6.29 Å². The lowest BCUT2D eigenvalue weighted by Gasteiger charge is -2.16. The second kappa shape index (κ2) is 5.48. The molecule has 1 N–H and O–H groups in total. The minimum Gasteiger partial charge on any atom is -0.502 e. The zero-order valence-electron chi connectivity index (χ0n) is 11.4. The molecule has 0 spiro atoms. The summed E-state index contributed by atoms with van der Waals surface area (Å²) in [5.74, 6) is -1.81. The number of phenolic OH excluding ortho intramolecular Hbond substituents is 1. The zero-order chi connectivity index (χ0) is 14.9.